The minimum absolute atomic E-state index is 0.0326. The molecule has 0 saturated heterocycles. The molecule has 1 aromatic heterocycles. The first-order chi connectivity index (χ1) is 12.3. The van der Waals surface area contributed by atoms with Crippen molar-refractivity contribution in [2.45, 2.75) is 13.2 Å². The van der Waals surface area contributed by atoms with Gasteiger partial charge in [-0.1, -0.05) is 66.7 Å². The maximum absolute atomic E-state index is 12.1. The largest absolute Gasteiger partial charge is 0.367 e. The van der Waals surface area contributed by atoms with Gasteiger partial charge in [-0.2, -0.15) is 4.99 Å². The quantitative estimate of drug-likeness (QED) is 0.696. The second-order valence-electron chi connectivity index (χ2n) is 5.66. The Morgan fingerprint density at radius 2 is 1.48 bits per heavy atom. The second-order valence-corrected chi connectivity index (χ2v) is 5.66. The summed E-state index contributed by atoms with van der Waals surface area (Å²) in [4.78, 5) is 16.3. The zero-order valence-corrected chi connectivity index (χ0v) is 13.9. The van der Waals surface area contributed by atoms with Crippen LogP contribution in [-0.2, 0) is 22.7 Å². The number of hydrogen-bond donors (Lipinski definition) is 0. The molecule has 1 amide bonds. The van der Waals surface area contributed by atoms with Gasteiger partial charge in [0.25, 0.3) is 5.91 Å². The molecule has 0 aliphatic rings. The summed E-state index contributed by atoms with van der Waals surface area (Å²) in [5.74, 6) is -0.288. The van der Waals surface area contributed by atoms with Gasteiger partial charge in [-0.25, -0.2) is 0 Å². The number of pyridine rings is 1. The molecule has 25 heavy (non-hydrogen) atoms. The normalized spacial score (nSPS) is 11.4. The molecule has 3 rings (SSSR count). The Hall–Kier alpha value is -2.98. The smallest absolute Gasteiger partial charge is 0.273 e. The molecular weight excluding hydrogens is 312 g/mol. The molecule has 0 atom stereocenters. The molecular formula is C21H20N2O2. The lowest BCUT2D eigenvalue weighted by molar-refractivity contribution is -0.123. The van der Waals surface area contributed by atoms with Gasteiger partial charge >= 0.3 is 0 Å². The van der Waals surface area contributed by atoms with Crippen LogP contribution in [0.5, 0.6) is 0 Å². The lowest BCUT2D eigenvalue weighted by Gasteiger charge is -2.07. The van der Waals surface area contributed by atoms with Crippen molar-refractivity contribution in [3.05, 3.63) is 102 Å². The Morgan fingerprint density at radius 1 is 0.840 bits per heavy atom. The van der Waals surface area contributed by atoms with Gasteiger partial charge in [-0.15, -0.1) is 0 Å². The number of benzene rings is 2. The molecule has 0 radical (unpaired) electrons. The second kappa shape index (κ2) is 8.76. The van der Waals surface area contributed by atoms with Crippen LogP contribution in [0.2, 0.25) is 0 Å². The van der Waals surface area contributed by atoms with Crippen molar-refractivity contribution < 1.29 is 9.53 Å². The zero-order valence-electron chi connectivity index (χ0n) is 13.9. The molecule has 0 aliphatic carbocycles. The maximum Gasteiger partial charge on any atom is 0.273 e. The molecule has 0 aliphatic heterocycles. The van der Waals surface area contributed by atoms with E-state index in [1.165, 1.54) is 0 Å². The summed E-state index contributed by atoms with van der Waals surface area (Å²) in [6.45, 7) is 1.04. The van der Waals surface area contributed by atoms with Crippen LogP contribution in [-0.4, -0.2) is 17.1 Å². The first kappa shape index (κ1) is 16.9. The molecule has 4 nitrogen and oxygen atoms in total. The molecule has 0 saturated carbocycles. The van der Waals surface area contributed by atoms with E-state index in [1.54, 1.807) is 0 Å². The molecule has 2 aromatic carbocycles. The van der Waals surface area contributed by atoms with Crippen LogP contribution in [0.3, 0.4) is 0 Å². The highest BCUT2D eigenvalue weighted by atomic mass is 16.5. The summed E-state index contributed by atoms with van der Waals surface area (Å²) in [6.07, 6.45) is 1.92. The fourth-order valence-corrected chi connectivity index (χ4v) is 2.47. The summed E-state index contributed by atoms with van der Waals surface area (Å²) in [6, 6.07) is 25.5. The van der Waals surface area contributed by atoms with Crippen molar-refractivity contribution in [1.29, 1.82) is 0 Å². The average molecular weight is 332 g/mol. The van der Waals surface area contributed by atoms with Crippen LogP contribution in [0.1, 0.15) is 11.1 Å². The van der Waals surface area contributed by atoms with Crippen molar-refractivity contribution in [3.8, 4) is 0 Å². The zero-order chi connectivity index (χ0) is 17.3. The van der Waals surface area contributed by atoms with Gasteiger partial charge in [0.05, 0.1) is 6.61 Å². The standard InChI is InChI=1S/C21H20N2O2/c24-21(17-25-16-19-11-5-2-6-12-19)22-20-13-7-8-14-23(20)15-18-9-3-1-4-10-18/h1-14H,15-17H2. The fraction of sp³-hybridized carbons (Fsp3) is 0.143. The number of carbonyl (C=O) groups excluding carboxylic acids is 1. The van der Waals surface area contributed by atoms with Crippen molar-refractivity contribution in [3.63, 3.8) is 0 Å². The first-order valence-electron chi connectivity index (χ1n) is 8.20. The van der Waals surface area contributed by atoms with Crippen LogP contribution in [0.4, 0.5) is 0 Å². The fourth-order valence-electron chi connectivity index (χ4n) is 2.47. The lowest BCUT2D eigenvalue weighted by atomic mass is 10.2. The predicted octanol–water partition coefficient (Wildman–Crippen LogP) is 3.18. The van der Waals surface area contributed by atoms with E-state index in [-0.39, 0.29) is 12.5 Å². The number of hydrogen-bond acceptors (Lipinski definition) is 2. The van der Waals surface area contributed by atoms with Crippen LogP contribution < -0.4 is 5.49 Å². The molecule has 3 aromatic rings. The summed E-state index contributed by atoms with van der Waals surface area (Å²) in [7, 11) is 0. The van der Waals surface area contributed by atoms with E-state index in [0.717, 1.165) is 11.1 Å². The number of aromatic nitrogens is 1. The minimum atomic E-state index is -0.288. The summed E-state index contributed by atoms with van der Waals surface area (Å²) in [5, 5.41) is 0. The van der Waals surface area contributed by atoms with Gasteiger partial charge in [0.1, 0.15) is 12.1 Å². The predicted molar refractivity (Wildman–Crippen MR) is 96.6 cm³/mol. The third-order valence-corrected chi connectivity index (χ3v) is 3.69. The van der Waals surface area contributed by atoms with E-state index in [0.29, 0.717) is 18.6 Å². The minimum Gasteiger partial charge on any atom is -0.367 e. The highest BCUT2D eigenvalue weighted by Gasteiger charge is 2.02. The molecule has 0 spiro atoms. The number of rotatable bonds is 6. The topological polar surface area (TPSA) is 43.6 Å². The number of amides is 1. The Balaban J connectivity index is 1.65. The van der Waals surface area contributed by atoms with Crippen LogP contribution in [0, 0.1) is 0 Å². The van der Waals surface area contributed by atoms with Crippen molar-refractivity contribution >= 4 is 5.91 Å². The van der Waals surface area contributed by atoms with Crippen LogP contribution in [0.15, 0.2) is 90.1 Å². The number of carbonyl (C=O) groups is 1. The number of nitrogens with zero attached hydrogens (tertiary/aromatic N) is 2. The maximum atomic E-state index is 12.1. The molecule has 126 valence electrons. The van der Waals surface area contributed by atoms with Crippen LogP contribution in [0.25, 0.3) is 0 Å². The lowest BCUT2D eigenvalue weighted by Crippen LogP contribution is -2.23. The van der Waals surface area contributed by atoms with E-state index < -0.39 is 0 Å². The molecule has 0 bridgehead atoms. The third kappa shape index (κ3) is 5.26. The molecule has 1 heterocycles. The number of ether oxygens (including phenoxy) is 1. The monoisotopic (exact) mass is 332 g/mol. The van der Waals surface area contributed by atoms with Gasteiger partial charge in [0.2, 0.25) is 0 Å². The van der Waals surface area contributed by atoms with E-state index in [1.807, 2.05) is 77.5 Å². The molecule has 0 unspecified atom stereocenters. The summed E-state index contributed by atoms with van der Waals surface area (Å²) in [5.41, 5.74) is 2.82. The first-order valence-corrected chi connectivity index (χ1v) is 8.20. The van der Waals surface area contributed by atoms with Crippen LogP contribution >= 0.6 is 0 Å². The van der Waals surface area contributed by atoms with E-state index >= 15 is 0 Å². The SMILES string of the molecule is O=C(COCc1ccccc1)N=c1ccccn1Cc1ccccc1. The highest BCUT2D eigenvalue weighted by Crippen LogP contribution is 2.01. The van der Waals surface area contributed by atoms with E-state index in [9.17, 15) is 4.79 Å². The Labute approximate surface area is 147 Å². The molecule has 4 heteroatoms. The Bertz CT molecular complexity index is 871. The Kier molecular flexibility index (Phi) is 5.91. The van der Waals surface area contributed by atoms with Crippen molar-refractivity contribution in [2.24, 2.45) is 4.99 Å². The van der Waals surface area contributed by atoms with Gasteiger partial charge < -0.3 is 9.30 Å². The summed E-state index contributed by atoms with van der Waals surface area (Å²) >= 11 is 0. The summed E-state index contributed by atoms with van der Waals surface area (Å²) < 4.78 is 7.41. The van der Waals surface area contributed by atoms with E-state index in [2.05, 4.69) is 17.1 Å². The molecule has 0 fully saturated rings. The van der Waals surface area contributed by atoms with Gasteiger partial charge in [0.15, 0.2) is 0 Å². The average Bonchev–Trinajstić information content (AvgIpc) is 2.65. The van der Waals surface area contributed by atoms with Gasteiger partial charge in [-0.3, -0.25) is 4.79 Å². The Morgan fingerprint density at radius 3 is 2.20 bits per heavy atom. The van der Waals surface area contributed by atoms with Gasteiger partial charge in [-0.05, 0) is 23.3 Å². The van der Waals surface area contributed by atoms with Gasteiger partial charge in [0, 0.05) is 12.7 Å². The van der Waals surface area contributed by atoms with Crippen molar-refractivity contribution in [1.82, 2.24) is 4.57 Å². The van der Waals surface area contributed by atoms with Crippen molar-refractivity contribution in [2.75, 3.05) is 6.61 Å². The third-order valence-electron chi connectivity index (χ3n) is 3.69. The highest BCUT2D eigenvalue weighted by molar-refractivity contribution is 5.78. The molecule has 0 N–H and O–H groups in total. The van der Waals surface area contributed by atoms with E-state index in [4.69, 9.17) is 4.74 Å².